The highest BCUT2D eigenvalue weighted by atomic mass is 32.1. The van der Waals surface area contributed by atoms with Gasteiger partial charge in [-0.2, -0.15) is 0 Å². The van der Waals surface area contributed by atoms with Gasteiger partial charge >= 0.3 is 0 Å². The number of thiocarbonyl (C=S) groups is 1. The van der Waals surface area contributed by atoms with E-state index in [4.69, 9.17) is 17.0 Å². The number of benzene rings is 2. The summed E-state index contributed by atoms with van der Waals surface area (Å²) < 4.78 is 7.67. The van der Waals surface area contributed by atoms with Crippen molar-refractivity contribution in [2.45, 2.75) is 32.4 Å². The average Bonchev–Trinajstić information content (AvgIpc) is 3.45. The summed E-state index contributed by atoms with van der Waals surface area (Å²) in [7, 11) is 1.53. The number of nitro groups is 1. The summed E-state index contributed by atoms with van der Waals surface area (Å²) in [6.07, 6.45) is 2.69. The molecule has 206 valence electrons. The van der Waals surface area contributed by atoms with Crippen LogP contribution in [-0.4, -0.2) is 44.7 Å². The van der Waals surface area contributed by atoms with Gasteiger partial charge in [0.1, 0.15) is 5.75 Å². The van der Waals surface area contributed by atoms with Crippen molar-refractivity contribution in [3.8, 4) is 11.4 Å². The molecule has 0 bridgehead atoms. The van der Waals surface area contributed by atoms with Crippen LogP contribution in [0.3, 0.4) is 0 Å². The quantitative estimate of drug-likeness (QED) is 0.108. The first kappa shape index (κ1) is 27.1. The fourth-order valence-electron chi connectivity index (χ4n) is 5.45. The first-order chi connectivity index (χ1) is 19.4. The minimum Gasteiger partial charge on any atom is -0.494 e. The van der Waals surface area contributed by atoms with Gasteiger partial charge in [-0.1, -0.05) is 24.3 Å². The van der Waals surface area contributed by atoms with Gasteiger partial charge in [0.25, 0.3) is 5.69 Å². The van der Waals surface area contributed by atoms with Crippen LogP contribution in [0, 0.1) is 24.0 Å². The van der Waals surface area contributed by atoms with E-state index in [0.29, 0.717) is 10.9 Å². The standard InChI is InChI=1S/C30H32N6O3S/c1-20-18-24(21(2)35(20)26-14-13-23(36(37)38)19-27(26)39-3)29-28(25-12-7-8-15-32-25)33-30(40)34(29)17-9-16-31-22-10-5-4-6-11-22/h4-8,10-15,18-19,28-29,31H,9,16-17H2,1-3H3,(H,33,40)/t28-,29-/m1/s1. The molecule has 2 N–H and O–H groups in total. The van der Waals surface area contributed by atoms with E-state index in [1.807, 2.05) is 43.3 Å². The topological polar surface area (TPSA) is 97.5 Å². The summed E-state index contributed by atoms with van der Waals surface area (Å²) in [4.78, 5) is 17.9. The lowest BCUT2D eigenvalue weighted by Crippen LogP contribution is -2.31. The lowest BCUT2D eigenvalue weighted by Gasteiger charge is -2.28. The van der Waals surface area contributed by atoms with Gasteiger partial charge in [-0.25, -0.2) is 0 Å². The Morgan fingerprint density at radius 2 is 1.88 bits per heavy atom. The number of hydrogen-bond donors (Lipinski definition) is 2. The zero-order valence-electron chi connectivity index (χ0n) is 22.7. The molecule has 4 aromatic rings. The normalized spacial score (nSPS) is 16.6. The first-order valence-corrected chi connectivity index (χ1v) is 13.6. The molecular weight excluding hydrogens is 524 g/mol. The predicted octanol–water partition coefficient (Wildman–Crippen LogP) is 5.88. The molecule has 0 unspecified atom stereocenters. The van der Waals surface area contributed by atoms with Crippen molar-refractivity contribution in [2.75, 3.05) is 25.5 Å². The number of rotatable bonds is 10. The number of ether oxygens (including phenoxy) is 1. The number of aromatic nitrogens is 2. The Labute approximate surface area is 239 Å². The molecule has 40 heavy (non-hydrogen) atoms. The van der Waals surface area contributed by atoms with E-state index in [1.165, 1.54) is 19.2 Å². The van der Waals surface area contributed by atoms with Gasteiger partial charge in [0.15, 0.2) is 5.11 Å². The Hall–Kier alpha value is -4.44. The van der Waals surface area contributed by atoms with E-state index >= 15 is 0 Å². The molecule has 0 amide bonds. The van der Waals surface area contributed by atoms with Crippen molar-refractivity contribution in [2.24, 2.45) is 0 Å². The van der Waals surface area contributed by atoms with Gasteiger partial charge in [0, 0.05) is 42.4 Å². The number of pyridine rings is 1. The van der Waals surface area contributed by atoms with Crippen LogP contribution >= 0.6 is 12.2 Å². The molecule has 10 heteroatoms. The van der Waals surface area contributed by atoms with E-state index < -0.39 is 4.92 Å². The molecule has 2 aromatic heterocycles. The number of non-ortho nitro benzene ring substituents is 1. The largest absolute Gasteiger partial charge is 0.494 e. The van der Waals surface area contributed by atoms with Crippen LogP contribution in [0.4, 0.5) is 11.4 Å². The van der Waals surface area contributed by atoms with Gasteiger partial charge in [-0.3, -0.25) is 15.1 Å². The Morgan fingerprint density at radius 1 is 1.10 bits per heavy atom. The summed E-state index contributed by atoms with van der Waals surface area (Å²) in [6, 6.07) is 22.7. The molecular formula is C30H32N6O3S. The van der Waals surface area contributed by atoms with E-state index in [1.54, 1.807) is 12.3 Å². The Kier molecular flexibility index (Phi) is 7.97. The van der Waals surface area contributed by atoms with E-state index in [0.717, 1.165) is 53.5 Å². The third-order valence-electron chi connectivity index (χ3n) is 7.28. The molecule has 0 aliphatic carbocycles. The smallest absolute Gasteiger partial charge is 0.273 e. The summed E-state index contributed by atoms with van der Waals surface area (Å²) in [5.41, 5.74) is 5.84. The van der Waals surface area contributed by atoms with Gasteiger partial charge in [-0.15, -0.1) is 0 Å². The predicted molar refractivity (Wildman–Crippen MR) is 160 cm³/mol. The van der Waals surface area contributed by atoms with Crippen LogP contribution in [-0.2, 0) is 0 Å². The lowest BCUT2D eigenvalue weighted by molar-refractivity contribution is -0.384. The van der Waals surface area contributed by atoms with E-state index in [-0.39, 0.29) is 17.8 Å². The average molecular weight is 557 g/mol. The molecule has 0 spiro atoms. The highest BCUT2D eigenvalue weighted by Crippen LogP contribution is 2.42. The molecule has 1 aliphatic rings. The molecule has 0 saturated carbocycles. The molecule has 2 atom stereocenters. The van der Waals surface area contributed by atoms with Crippen LogP contribution in [0.15, 0.2) is 79.0 Å². The molecule has 5 rings (SSSR count). The molecule has 1 fully saturated rings. The summed E-state index contributed by atoms with van der Waals surface area (Å²) in [5.74, 6) is 0.438. The van der Waals surface area contributed by atoms with Gasteiger partial charge < -0.3 is 24.8 Å². The number of hydrogen-bond acceptors (Lipinski definition) is 6. The van der Waals surface area contributed by atoms with Crippen molar-refractivity contribution in [1.29, 1.82) is 0 Å². The van der Waals surface area contributed by atoms with Gasteiger partial charge in [0.05, 0.1) is 41.6 Å². The van der Waals surface area contributed by atoms with Crippen LogP contribution in [0.2, 0.25) is 0 Å². The maximum Gasteiger partial charge on any atom is 0.273 e. The number of methoxy groups -OCH3 is 1. The number of nitrogens with one attached hydrogen (secondary N) is 2. The Bertz CT molecular complexity index is 1510. The minimum atomic E-state index is -0.416. The fourth-order valence-corrected chi connectivity index (χ4v) is 5.78. The second-order valence-corrected chi connectivity index (χ2v) is 10.1. The van der Waals surface area contributed by atoms with Gasteiger partial charge in [-0.05, 0) is 74.4 Å². The van der Waals surface area contributed by atoms with Crippen molar-refractivity contribution in [1.82, 2.24) is 19.8 Å². The summed E-state index contributed by atoms with van der Waals surface area (Å²) >= 11 is 5.87. The zero-order valence-corrected chi connectivity index (χ0v) is 23.5. The molecule has 9 nitrogen and oxygen atoms in total. The number of nitrogens with zero attached hydrogens (tertiary/aromatic N) is 4. The molecule has 1 saturated heterocycles. The maximum absolute atomic E-state index is 11.4. The number of para-hydroxylation sites is 1. The number of nitro benzene ring substituents is 1. The SMILES string of the molecule is COc1cc([N+](=O)[O-])ccc1-n1c(C)cc([C@@H]2[C@@H](c3ccccn3)NC(=S)N2CCCNc2ccccc2)c1C. The van der Waals surface area contributed by atoms with E-state index in [2.05, 4.69) is 50.2 Å². The third-order valence-corrected chi connectivity index (χ3v) is 7.63. The highest BCUT2D eigenvalue weighted by molar-refractivity contribution is 7.80. The van der Waals surface area contributed by atoms with Crippen LogP contribution in [0.25, 0.3) is 5.69 Å². The van der Waals surface area contributed by atoms with Crippen LogP contribution in [0.5, 0.6) is 5.75 Å². The third kappa shape index (κ3) is 5.35. The molecule has 1 aliphatic heterocycles. The number of aryl methyl sites for hydroxylation is 1. The monoisotopic (exact) mass is 556 g/mol. The zero-order chi connectivity index (χ0) is 28.2. The van der Waals surface area contributed by atoms with E-state index in [9.17, 15) is 10.1 Å². The van der Waals surface area contributed by atoms with Crippen molar-refractivity contribution >= 4 is 28.7 Å². The first-order valence-electron chi connectivity index (χ1n) is 13.2. The molecule has 2 aromatic carbocycles. The van der Waals surface area contributed by atoms with Gasteiger partial charge in [0.2, 0.25) is 0 Å². The maximum atomic E-state index is 11.4. The van der Waals surface area contributed by atoms with Crippen molar-refractivity contribution in [3.63, 3.8) is 0 Å². The van der Waals surface area contributed by atoms with Crippen LogP contribution in [0.1, 0.15) is 41.1 Å². The lowest BCUT2D eigenvalue weighted by atomic mass is 9.96. The minimum absolute atomic E-state index is 0.0147. The second-order valence-electron chi connectivity index (χ2n) is 9.74. The molecule has 0 radical (unpaired) electrons. The Morgan fingerprint density at radius 3 is 2.58 bits per heavy atom. The summed E-state index contributed by atoms with van der Waals surface area (Å²) in [6.45, 7) is 5.66. The van der Waals surface area contributed by atoms with Crippen molar-refractivity contribution in [3.05, 3.63) is 112 Å². The summed E-state index contributed by atoms with van der Waals surface area (Å²) in [5, 5.41) is 19.1. The highest BCUT2D eigenvalue weighted by Gasteiger charge is 2.41. The fraction of sp³-hybridized carbons (Fsp3) is 0.267. The number of anilines is 1. The second kappa shape index (κ2) is 11.7. The Balaban J connectivity index is 1.49. The molecule has 3 heterocycles. The van der Waals surface area contributed by atoms with Crippen LogP contribution < -0.4 is 15.4 Å². The van der Waals surface area contributed by atoms with Crippen molar-refractivity contribution < 1.29 is 9.66 Å².